The summed E-state index contributed by atoms with van der Waals surface area (Å²) in [7, 11) is 0. The Morgan fingerprint density at radius 1 is 1.47 bits per heavy atom. The van der Waals surface area contributed by atoms with Crippen LogP contribution < -0.4 is 0 Å². The van der Waals surface area contributed by atoms with Gasteiger partial charge in [0.15, 0.2) is 5.76 Å². The monoisotopic (exact) mass is 265 g/mol. The molecule has 5 nitrogen and oxygen atoms in total. The van der Waals surface area contributed by atoms with Crippen LogP contribution in [-0.4, -0.2) is 34.5 Å². The van der Waals surface area contributed by atoms with E-state index >= 15 is 0 Å². The molecule has 1 aliphatic rings. The van der Waals surface area contributed by atoms with Gasteiger partial charge >= 0.3 is 5.97 Å². The lowest BCUT2D eigenvalue weighted by atomic mass is 10.0. The van der Waals surface area contributed by atoms with E-state index in [1.54, 1.807) is 6.07 Å². The highest BCUT2D eigenvalue weighted by molar-refractivity contribution is 5.94. The Morgan fingerprint density at radius 2 is 2.21 bits per heavy atom. The quantitative estimate of drug-likeness (QED) is 0.909. The van der Waals surface area contributed by atoms with Crippen LogP contribution in [0.1, 0.15) is 48.1 Å². The lowest BCUT2D eigenvalue weighted by Crippen LogP contribution is -2.47. The van der Waals surface area contributed by atoms with Crippen LogP contribution >= 0.6 is 0 Å². The molecule has 1 N–H and O–H groups in total. The molecule has 1 aliphatic heterocycles. The van der Waals surface area contributed by atoms with Gasteiger partial charge in [-0.2, -0.15) is 0 Å². The molecule has 1 aromatic rings. The first-order valence-corrected chi connectivity index (χ1v) is 6.67. The first-order valence-electron chi connectivity index (χ1n) is 6.67. The number of carboxylic acids is 1. The van der Waals surface area contributed by atoms with E-state index in [1.165, 1.54) is 4.90 Å². The number of carbonyl (C=O) groups excluding carboxylic acids is 1. The van der Waals surface area contributed by atoms with Crippen LogP contribution in [-0.2, 0) is 11.2 Å². The third-order valence-corrected chi connectivity index (χ3v) is 3.60. The van der Waals surface area contributed by atoms with Gasteiger partial charge in [-0.25, -0.2) is 4.79 Å². The van der Waals surface area contributed by atoms with Crippen molar-refractivity contribution in [1.29, 1.82) is 0 Å². The van der Waals surface area contributed by atoms with Gasteiger partial charge in [0.2, 0.25) is 0 Å². The molecule has 0 aliphatic carbocycles. The summed E-state index contributed by atoms with van der Waals surface area (Å²) in [5.41, 5.74) is 0.940. The topological polar surface area (TPSA) is 70.8 Å². The van der Waals surface area contributed by atoms with Crippen LogP contribution in [0.15, 0.2) is 10.5 Å². The van der Waals surface area contributed by atoms with Crippen molar-refractivity contribution in [1.82, 2.24) is 4.90 Å². The molecule has 0 radical (unpaired) electrons. The normalized spacial score (nSPS) is 19.5. The molecule has 0 aromatic carbocycles. The molecule has 0 saturated carbocycles. The number of piperidine rings is 1. The smallest absolute Gasteiger partial charge is 0.326 e. The van der Waals surface area contributed by atoms with Gasteiger partial charge in [-0.15, -0.1) is 0 Å². The van der Waals surface area contributed by atoms with Gasteiger partial charge in [-0.05, 0) is 37.8 Å². The van der Waals surface area contributed by atoms with Gasteiger partial charge in [0.05, 0.1) is 0 Å². The van der Waals surface area contributed by atoms with Crippen LogP contribution in [0.4, 0.5) is 0 Å². The molecule has 0 unspecified atom stereocenters. The molecule has 1 atom stereocenters. The summed E-state index contributed by atoms with van der Waals surface area (Å²) in [6.45, 7) is 4.34. The number of hydrogen-bond acceptors (Lipinski definition) is 3. The molecule has 2 rings (SSSR count). The second-order valence-electron chi connectivity index (χ2n) is 4.92. The van der Waals surface area contributed by atoms with Gasteiger partial charge in [0.1, 0.15) is 11.8 Å². The summed E-state index contributed by atoms with van der Waals surface area (Å²) in [6.07, 6.45) is 2.93. The van der Waals surface area contributed by atoms with E-state index in [4.69, 9.17) is 4.42 Å². The molecule has 1 saturated heterocycles. The standard InChI is InChI=1S/C14H19NO4/c1-3-11-9(2)8-12(19-11)13(16)15-7-5-4-6-10(15)14(17)18/h8,10H,3-7H2,1-2H3,(H,17,18)/t10-/m1/s1. The fourth-order valence-corrected chi connectivity index (χ4v) is 2.55. The van der Waals surface area contributed by atoms with Crippen molar-refractivity contribution in [2.75, 3.05) is 6.54 Å². The Labute approximate surface area is 112 Å². The fourth-order valence-electron chi connectivity index (χ4n) is 2.55. The largest absolute Gasteiger partial charge is 0.480 e. The van der Waals surface area contributed by atoms with Gasteiger partial charge < -0.3 is 14.4 Å². The van der Waals surface area contributed by atoms with Crippen molar-refractivity contribution in [3.05, 3.63) is 23.2 Å². The summed E-state index contributed by atoms with van der Waals surface area (Å²) in [6, 6.07) is 0.978. The highest BCUT2D eigenvalue weighted by Crippen LogP contribution is 2.22. The van der Waals surface area contributed by atoms with E-state index in [2.05, 4.69) is 0 Å². The zero-order chi connectivity index (χ0) is 14.0. The number of aliphatic carboxylic acids is 1. The predicted octanol–water partition coefficient (Wildman–Crippen LogP) is 2.23. The fraction of sp³-hybridized carbons (Fsp3) is 0.571. The number of hydrogen-bond donors (Lipinski definition) is 1. The number of rotatable bonds is 3. The van der Waals surface area contributed by atoms with Gasteiger partial charge in [0, 0.05) is 13.0 Å². The number of aryl methyl sites for hydroxylation is 2. The lowest BCUT2D eigenvalue weighted by molar-refractivity contribution is -0.143. The first-order chi connectivity index (χ1) is 9.04. The Balaban J connectivity index is 2.23. The minimum atomic E-state index is -0.938. The molecular weight excluding hydrogens is 246 g/mol. The molecule has 19 heavy (non-hydrogen) atoms. The highest BCUT2D eigenvalue weighted by Gasteiger charge is 2.33. The SMILES string of the molecule is CCc1oc(C(=O)N2CCCC[C@@H]2C(=O)O)cc1C. The van der Waals surface area contributed by atoms with Gasteiger partial charge in [-0.1, -0.05) is 6.92 Å². The van der Waals surface area contributed by atoms with Crippen molar-refractivity contribution in [2.24, 2.45) is 0 Å². The molecule has 104 valence electrons. The first kappa shape index (κ1) is 13.6. The maximum absolute atomic E-state index is 12.4. The van der Waals surface area contributed by atoms with Gasteiger partial charge in [-0.3, -0.25) is 4.79 Å². The third-order valence-electron chi connectivity index (χ3n) is 3.60. The van der Waals surface area contributed by atoms with Crippen molar-refractivity contribution < 1.29 is 19.1 Å². The second-order valence-corrected chi connectivity index (χ2v) is 4.92. The molecule has 1 aromatic heterocycles. The van der Waals surface area contributed by atoms with E-state index in [9.17, 15) is 14.7 Å². The Bertz CT molecular complexity index is 492. The van der Waals surface area contributed by atoms with E-state index in [-0.39, 0.29) is 11.7 Å². The van der Waals surface area contributed by atoms with E-state index in [0.29, 0.717) is 13.0 Å². The average molecular weight is 265 g/mol. The summed E-state index contributed by atoms with van der Waals surface area (Å²) in [5, 5.41) is 9.19. The number of carboxylic acid groups (broad SMARTS) is 1. The molecule has 0 spiro atoms. The lowest BCUT2D eigenvalue weighted by Gasteiger charge is -2.32. The number of furan rings is 1. The van der Waals surface area contributed by atoms with Crippen LogP contribution in [0, 0.1) is 6.92 Å². The molecule has 0 bridgehead atoms. The van der Waals surface area contributed by atoms with Crippen LogP contribution in [0.3, 0.4) is 0 Å². The maximum Gasteiger partial charge on any atom is 0.326 e. The third kappa shape index (κ3) is 2.64. The number of carbonyl (C=O) groups is 2. The minimum absolute atomic E-state index is 0.252. The van der Waals surface area contributed by atoms with E-state index < -0.39 is 12.0 Å². The number of nitrogens with zero attached hydrogens (tertiary/aromatic N) is 1. The van der Waals surface area contributed by atoms with Crippen LogP contribution in [0.25, 0.3) is 0 Å². The summed E-state index contributed by atoms with van der Waals surface area (Å²) in [5.74, 6) is -0.211. The molecule has 1 amide bonds. The predicted molar refractivity (Wildman–Crippen MR) is 69.1 cm³/mol. The Hall–Kier alpha value is -1.78. The average Bonchev–Trinajstić information content (AvgIpc) is 2.79. The number of likely N-dealkylation sites (tertiary alicyclic amines) is 1. The molecule has 1 fully saturated rings. The summed E-state index contributed by atoms with van der Waals surface area (Å²) < 4.78 is 5.52. The van der Waals surface area contributed by atoms with Crippen molar-refractivity contribution >= 4 is 11.9 Å². The maximum atomic E-state index is 12.4. The molecule has 5 heteroatoms. The zero-order valence-corrected chi connectivity index (χ0v) is 11.3. The van der Waals surface area contributed by atoms with Gasteiger partial charge in [0.25, 0.3) is 5.91 Å². The minimum Gasteiger partial charge on any atom is -0.480 e. The summed E-state index contributed by atoms with van der Waals surface area (Å²) >= 11 is 0. The highest BCUT2D eigenvalue weighted by atomic mass is 16.4. The van der Waals surface area contributed by atoms with Crippen LogP contribution in [0.5, 0.6) is 0 Å². The second kappa shape index (κ2) is 5.47. The molecule has 2 heterocycles. The Kier molecular flexibility index (Phi) is 3.93. The van der Waals surface area contributed by atoms with E-state index in [0.717, 1.165) is 30.6 Å². The number of amides is 1. The van der Waals surface area contributed by atoms with Crippen molar-refractivity contribution in [3.63, 3.8) is 0 Å². The van der Waals surface area contributed by atoms with Crippen molar-refractivity contribution in [2.45, 2.75) is 45.6 Å². The van der Waals surface area contributed by atoms with E-state index in [1.807, 2.05) is 13.8 Å². The summed E-state index contributed by atoms with van der Waals surface area (Å²) in [4.78, 5) is 25.0. The Morgan fingerprint density at radius 3 is 2.79 bits per heavy atom. The van der Waals surface area contributed by atoms with Crippen molar-refractivity contribution in [3.8, 4) is 0 Å². The zero-order valence-electron chi connectivity index (χ0n) is 11.3. The van der Waals surface area contributed by atoms with Crippen LogP contribution in [0.2, 0.25) is 0 Å². The molecular formula is C14H19NO4.